The summed E-state index contributed by atoms with van der Waals surface area (Å²) in [4.78, 5) is 27.5. The number of Topliss-reactive ketones (excluding diaryl/α,β-unsaturated/α-hetero) is 1. The highest BCUT2D eigenvalue weighted by molar-refractivity contribution is 6.30. The molecule has 3 aromatic rings. The molecule has 0 spiro atoms. The zero-order valence-electron chi connectivity index (χ0n) is 19.2. The SMILES string of the molecule is CC(C)/C(O)=[N+]1\C2=C(C(=O)c3ccccc32)C(c2ccc(Cl)cc2)c2c1[n+](C)c(O)n(C)c2=O. The molecule has 1 aliphatic heterocycles. The van der Waals surface area contributed by atoms with Gasteiger partial charge in [0.1, 0.15) is 0 Å². The molecule has 5 rings (SSSR count). The minimum Gasteiger partial charge on any atom is -0.463 e. The van der Waals surface area contributed by atoms with Crippen LogP contribution in [0.15, 0.2) is 58.9 Å². The van der Waals surface area contributed by atoms with Gasteiger partial charge in [0, 0.05) is 17.6 Å². The van der Waals surface area contributed by atoms with Crippen LogP contribution < -0.4 is 10.1 Å². The number of hydrogen-bond acceptors (Lipinski definition) is 3. The first-order valence-corrected chi connectivity index (χ1v) is 11.3. The highest BCUT2D eigenvalue weighted by Crippen LogP contribution is 2.50. The fourth-order valence-electron chi connectivity index (χ4n) is 4.90. The number of aliphatic hydroxyl groups is 1. The second-order valence-corrected chi connectivity index (χ2v) is 9.37. The van der Waals surface area contributed by atoms with E-state index >= 15 is 0 Å². The van der Waals surface area contributed by atoms with Gasteiger partial charge in [-0.2, -0.15) is 0 Å². The second kappa shape index (κ2) is 7.67. The predicted octanol–water partition coefficient (Wildman–Crippen LogP) is 3.58. The fraction of sp³-hybridized carbons (Fsp3) is 0.231. The number of ketones is 1. The van der Waals surface area contributed by atoms with Gasteiger partial charge in [-0.05, 0) is 37.6 Å². The summed E-state index contributed by atoms with van der Waals surface area (Å²) in [7, 11) is 3.10. The van der Waals surface area contributed by atoms with Crippen LogP contribution in [0, 0.1) is 5.92 Å². The first-order chi connectivity index (χ1) is 16.1. The molecule has 8 heteroatoms. The average molecular weight is 478 g/mol. The number of aliphatic hydroxyl groups excluding tert-OH is 1. The molecular weight excluding hydrogens is 454 g/mol. The number of aromatic hydroxyl groups is 1. The van der Waals surface area contributed by atoms with Crippen LogP contribution >= 0.6 is 11.6 Å². The van der Waals surface area contributed by atoms with Crippen molar-refractivity contribution in [3.05, 3.63) is 91.7 Å². The number of carbonyl (C=O) groups is 1. The molecule has 0 amide bonds. The Morgan fingerprint density at radius 2 is 1.68 bits per heavy atom. The summed E-state index contributed by atoms with van der Waals surface area (Å²) in [6.07, 6.45) is 0. The molecule has 1 aromatic heterocycles. The van der Waals surface area contributed by atoms with Gasteiger partial charge in [-0.3, -0.25) is 9.59 Å². The summed E-state index contributed by atoms with van der Waals surface area (Å²) in [5.41, 5.74) is 2.64. The van der Waals surface area contributed by atoms with E-state index in [1.807, 2.05) is 26.0 Å². The van der Waals surface area contributed by atoms with Crippen molar-refractivity contribution in [2.45, 2.75) is 19.8 Å². The van der Waals surface area contributed by atoms with Crippen LogP contribution in [-0.4, -0.2) is 31.0 Å². The highest BCUT2D eigenvalue weighted by Gasteiger charge is 2.55. The normalized spacial score (nSPS) is 18.2. The highest BCUT2D eigenvalue weighted by atomic mass is 35.5. The molecule has 2 aliphatic rings. The van der Waals surface area contributed by atoms with Crippen LogP contribution in [0.2, 0.25) is 5.02 Å². The summed E-state index contributed by atoms with van der Waals surface area (Å²) in [6.45, 7) is 3.65. The van der Waals surface area contributed by atoms with Crippen molar-refractivity contribution in [1.29, 1.82) is 0 Å². The van der Waals surface area contributed by atoms with Gasteiger partial charge < -0.3 is 10.2 Å². The Balaban J connectivity index is 2.02. The molecule has 7 nitrogen and oxygen atoms in total. The number of allylic oxidation sites excluding steroid dienone is 1. The average Bonchev–Trinajstić information content (AvgIpc) is 3.12. The molecule has 0 bridgehead atoms. The van der Waals surface area contributed by atoms with Crippen molar-refractivity contribution < 1.29 is 24.2 Å². The van der Waals surface area contributed by atoms with E-state index in [0.717, 1.165) is 4.57 Å². The van der Waals surface area contributed by atoms with Crippen molar-refractivity contribution in [1.82, 2.24) is 4.57 Å². The lowest BCUT2D eigenvalue weighted by molar-refractivity contribution is -0.719. The van der Waals surface area contributed by atoms with E-state index in [1.54, 1.807) is 48.0 Å². The minimum absolute atomic E-state index is 0.0314. The quantitative estimate of drug-likeness (QED) is 0.436. The molecule has 172 valence electrons. The minimum atomic E-state index is -0.719. The Morgan fingerprint density at radius 3 is 2.29 bits per heavy atom. The van der Waals surface area contributed by atoms with E-state index in [1.165, 1.54) is 11.6 Å². The number of nitrogens with zero attached hydrogens (tertiary/aromatic N) is 3. The van der Waals surface area contributed by atoms with E-state index < -0.39 is 11.5 Å². The third kappa shape index (κ3) is 2.90. The van der Waals surface area contributed by atoms with Crippen LogP contribution in [0.4, 0.5) is 5.82 Å². The lowest BCUT2D eigenvalue weighted by Gasteiger charge is -2.23. The number of fused-ring (bicyclic) bond motifs is 3. The monoisotopic (exact) mass is 477 g/mol. The second-order valence-electron chi connectivity index (χ2n) is 8.93. The first-order valence-electron chi connectivity index (χ1n) is 11.0. The van der Waals surface area contributed by atoms with E-state index in [9.17, 15) is 19.8 Å². The summed E-state index contributed by atoms with van der Waals surface area (Å²) < 4.78 is 4.16. The summed E-state index contributed by atoms with van der Waals surface area (Å²) in [6, 6.07) is 14.0. The van der Waals surface area contributed by atoms with Crippen molar-refractivity contribution in [2.75, 3.05) is 0 Å². The largest absolute Gasteiger partial charge is 0.466 e. The zero-order chi connectivity index (χ0) is 24.5. The van der Waals surface area contributed by atoms with Crippen molar-refractivity contribution in [3.8, 4) is 6.01 Å². The van der Waals surface area contributed by atoms with Gasteiger partial charge in [0.2, 0.25) is 5.70 Å². The lowest BCUT2D eigenvalue weighted by Crippen LogP contribution is -2.46. The Hall–Kier alpha value is -3.71. The molecule has 0 saturated heterocycles. The summed E-state index contributed by atoms with van der Waals surface area (Å²) in [5, 5.41) is 22.6. The molecule has 1 aliphatic carbocycles. The van der Waals surface area contributed by atoms with Crippen LogP contribution in [0.1, 0.15) is 46.8 Å². The maximum absolute atomic E-state index is 13.8. The van der Waals surface area contributed by atoms with Crippen molar-refractivity contribution in [2.24, 2.45) is 20.0 Å². The standard InChI is InChI=1S/C26H22ClN3O4/c1-13(2)24(32)30-21-16-7-5-6-8-17(16)22(31)19(21)18(14-9-11-15(27)12-10-14)20-23(30)28(3)26(34)29(4)25(20)33/h5-13,18H,1-4H3/p+2. The van der Waals surface area contributed by atoms with Crippen LogP contribution in [0.3, 0.4) is 0 Å². The fourth-order valence-corrected chi connectivity index (χ4v) is 5.03. The summed E-state index contributed by atoms with van der Waals surface area (Å²) >= 11 is 6.14. The number of aromatic nitrogens is 2. The summed E-state index contributed by atoms with van der Waals surface area (Å²) in [5.74, 6) is -0.951. The maximum atomic E-state index is 13.8. The molecule has 1 unspecified atom stereocenters. The maximum Gasteiger partial charge on any atom is 0.466 e. The van der Waals surface area contributed by atoms with Gasteiger partial charge in [-0.25, -0.2) is 4.57 Å². The van der Waals surface area contributed by atoms with Gasteiger partial charge in [0.05, 0.1) is 23.0 Å². The van der Waals surface area contributed by atoms with Gasteiger partial charge in [0.25, 0.3) is 5.56 Å². The van der Waals surface area contributed by atoms with Crippen LogP contribution in [0.5, 0.6) is 6.01 Å². The zero-order valence-corrected chi connectivity index (χ0v) is 20.0. The number of rotatable bonds is 2. The Bertz CT molecular complexity index is 1510. The molecule has 2 heterocycles. The number of benzene rings is 2. The lowest BCUT2D eigenvalue weighted by atomic mass is 9.81. The Labute approximate surface area is 201 Å². The third-order valence-electron chi connectivity index (χ3n) is 6.58. The number of carbonyl (C=O) groups excluding carboxylic acids is 1. The molecule has 2 N–H and O–H groups in total. The van der Waals surface area contributed by atoms with Gasteiger partial charge in [-0.15, -0.1) is 0 Å². The van der Waals surface area contributed by atoms with Crippen molar-refractivity contribution in [3.63, 3.8) is 0 Å². The molecule has 0 saturated carbocycles. The van der Waals surface area contributed by atoms with Gasteiger partial charge in [-0.1, -0.05) is 51.1 Å². The predicted molar refractivity (Wildman–Crippen MR) is 128 cm³/mol. The molecule has 0 radical (unpaired) electrons. The van der Waals surface area contributed by atoms with E-state index in [2.05, 4.69) is 0 Å². The third-order valence-corrected chi connectivity index (χ3v) is 6.83. The van der Waals surface area contributed by atoms with Gasteiger partial charge >= 0.3 is 17.7 Å². The van der Waals surface area contributed by atoms with Crippen LogP contribution in [0.25, 0.3) is 5.70 Å². The Kier molecular flexibility index (Phi) is 4.98. The van der Waals surface area contributed by atoms with Crippen LogP contribution in [-0.2, 0) is 14.1 Å². The molecule has 1 atom stereocenters. The first kappa shape index (κ1) is 22.1. The molecule has 2 aromatic carbocycles. The molecule has 0 fully saturated rings. The van der Waals surface area contributed by atoms with E-state index in [-0.39, 0.29) is 29.2 Å². The van der Waals surface area contributed by atoms with E-state index in [0.29, 0.717) is 38.8 Å². The number of hydrogen-bond donors (Lipinski definition) is 2. The van der Waals surface area contributed by atoms with E-state index in [4.69, 9.17) is 11.6 Å². The van der Waals surface area contributed by atoms with Crippen molar-refractivity contribution >= 4 is 34.8 Å². The smallest absolute Gasteiger partial charge is 0.463 e. The Morgan fingerprint density at radius 1 is 1.06 bits per heavy atom. The molecule has 34 heavy (non-hydrogen) atoms. The van der Waals surface area contributed by atoms with Gasteiger partial charge in [0.15, 0.2) is 18.4 Å². The topological polar surface area (TPSA) is 86.4 Å². The molecular formula is C26H24ClN3O4+2. The number of halogens is 1.